The lowest BCUT2D eigenvalue weighted by molar-refractivity contribution is 0.100. The van der Waals surface area contributed by atoms with Crippen LogP contribution in [-0.2, 0) is 6.42 Å². The molecule has 1 aliphatic heterocycles. The molecule has 0 aromatic heterocycles. The first-order valence-electron chi connectivity index (χ1n) is 4.98. The van der Waals surface area contributed by atoms with Crippen LogP contribution in [0.4, 0.5) is 4.39 Å². The van der Waals surface area contributed by atoms with Crippen molar-refractivity contribution in [2.24, 2.45) is 4.99 Å². The van der Waals surface area contributed by atoms with Gasteiger partial charge < -0.3 is 0 Å². The third-order valence-corrected chi connectivity index (χ3v) is 2.59. The second-order valence-corrected chi connectivity index (χ2v) is 4.01. The molecule has 1 aromatic rings. The monoisotopic (exact) mass is 205 g/mol. The first kappa shape index (κ1) is 10.0. The zero-order chi connectivity index (χ0) is 11.0. The molecule has 0 spiro atoms. The molecular formula is C12H12FNO. The molecule has 3 heteroatoms. The Morgan fingerprint density at radius 1 is 1.40 bits per heavy atom. The van der Waals surface area contributed by atoms with Crippen LogP contribution in [0.15, 0.2) is 17.1 Å². The van der Waals surface area contributed by atoms with Crippen LogP contribution < -0.4 is 0 Å². The van der Waals surface area contributed by atoms with Crippen LogP contribution in [0.2, 0.25) is 0 Å². The molecule has 2 rings (SSSR count). The zero-order valence-corrected chi connectivity index (χ0v) is 8.75. The summed E-state index contributed by atoms with van der Waals surface area (Å²) in [4.78, 5) is 15.0. The average molecular weight is 205 g/mol. The minimum Gasteiger partial charge on any atom is -0.267 e. The standard InChI is InChI=1S/C12H12FNO/c1-7(2)9-5-8-3-4-14-12(15)10(8)6-11(9)13/h4-7H,3H2,1-2H3. The summed E-state index contributed by atoms with van der Waals surface area (Å²) >= 11 is 0. The highest BCUT2D eigenvalue weighted by Gasteiger charge is 2.18. The summed E-state index contributed by atoms with van der Waals surface area (Å²) < 4.78 is 13.6. The lowest BCUT2D eigenvalue weighted by Crippen LogP contribution is -2.10. The summed E-state index contributed by atoms with van der Waals surface area (Å²) in [6, 6.07) is 3.09. The van der Waals surface area contributed by atoms with Crippen molar-refractivity contribution < 1.29 is 9.18 Å². The van der Waals surface area contributed by atoms with Gasteiger partial charge in [-0.2, -0.15) is 0 Å². The van der Waals surface area contributed by atoms with Crippen LogP contribution in [0.25, 0.3) is 0 Å². The SMILES string of the molecule is CC(C)c1cc2c(cc1F)C(=O)N=CC2. The zero-order valence-electron chi connectivity index (χ0n) is 8.75. The van der Waals surface area contributed by atoms with Crippen LogP contribution in [0, 0.1) is 5.82 Å². The van der Waals surface area contributed by atoms with Gasteiger partial charge in [0.1, 0.15) is 5.82 Å². The number of nitrogens with zero attached hydrogens (tertiary/aromatic N) is 1. The van der Waals surface area contributed by atoms with Crippen molar-refractivity contribution in [2.45, 2.75) is 26.2 Å². The molecule has 78 valence electrons. The normalized spacial score (nSPS) is 14.5. The third-order valence-electron chi connectivity index (χ3n) is 2.59. The molecule has 0 unspecified atom stereocenters. The van der Waals surface area contributed by atoms with Crippen molar-refractivity contribution in [3.8, 4) is 0 Å². The van der Waals surface area contributed by atoms with E-state index in [1.54, 1.807) is 12.3 Å². The fourth-order valence-corrected chi connectivity index (χ4v) is 1.74. The molecule has 1 aliphatic rings. The summed E-state index contributed by atoms with van der Waals surface area (Å²) in [7, 11) is 0. The fourth-order valence-electron chi connectivity index (χ4n) is 1.74. The third kappa shape index (κ3) is 1.69. The highest BCUT2D eigenvalue weighted by Crippen LogP contribution is 2.24. The summed E-state index contributed by atoms with van der Waals surface area (Å²) in [5.74, 6) is -0.524. The molecule has 0 saturated carbocycles. The second-order valence-electron chi connectivity index (χ2n) is 4.01. The molecule has 0 fully saturated rings. The van der Waals surface area contributed by atoms with Crippen LogP contribution in [-0.4, -0.2) is 12.1 Å². The topological polar surface area (TPSA) is 29.4 Å². The first-order valence-corrected chi connectivity index (χ1v) is 4.98. The van der Waals surface area contributed by atoms with E-state index in [2.05, 4.69) is 4.99 Å². The van der Waals surface area contributed by atoms with Crippen molar-refractivity contribution in [3.05, 3.63) is 34.6 Å². The van der Waals surface area contributed by atoms with E-state index in [0.717, 1.165) is 5.56 Å². The van der Waals surface area contributed by atoms with Crippen molar-refractivity contribution in [2.75, 3.05) is 0 Å². The lowest BCUT2D eigenvalue weighted by Gasteiger charge is -2.14. The largest absolute Gasteiger partial charge is 0.277 e. The summed E-state index contributed by atoms with van der Waals surface area (Å²) in [6.45, 7) is 3.87. The number of rotatable bonds is 1. The number of amides is 1. The van der Waals surface area contributed by atoms with E-state index in [4.69, 9.17) is 0 Å². The molecule has 1 heterocycles. The van der Waals surface area contributed by atoms with Gasteiger partial charge in [-0.15, -0.1) is 0 Å². The summed E-state index contributed by atoms with van der Waals surface area (Å²) in [6.07, 6.45) is 2.19. The molecule has 1 aromatic carbocycles. The Labute approximate surface area is 87.8 Å². The Kier molecular flexibility index (Phi) is 2.39. The van der Waals surface area contributed by atoms with Gasteiger partial charge in [0, 0.05) is 18.2 Å². The Balaban J connectivity index is 2.57. The molecule has 2 nitrogen and oxygen atoms in total. The maximum atomic E-state index is 13.6. The van der Waals surface area contributed by atoms with Crippen molar-refractivity contribution in [3.63, 3.8) is 0 Å². The molecule has 0 aliphatic carbocycles. The van der Waals surface area contributed by atoms with E-state index in [0.29, 0.717) is 17.5 Å². The Hall–Kier alpha value is -1.51. The molecule has 15 heavy (non-hydrogen) atoms. The van der Waals surface area contributed by atoms with Crippen molar-refractivity contribution >= 4 is 12.1 Å². The predicted octanol–water partition coefficient (Wildman–Crippen LogP) is 2.72. The second kappa shape index (κ2) is 3.57. The summed E-state index contributed by atoms with van der Waals surface area (Å²) in [5.41, 5.74) is 1.94. The lowest BCUT2D eigenvalue weighted by atomic mass is 9.94. The van der Waals surface area contributed by atoms with Crippen LogP contribution in [0.1, 0.15) is 41.3 Å². The number of benzene rings is 1. The van der Waals surface area contributed by atoms with Gasteiger partial charge in [0.2, 0.25) is 0 Å². The number of carbonyl (C=O) groups is 1. The Morgan fingerprint density at radius 2 is 2.13 bits per heavy atom. The number of hydrogen-bond acceptors (Lipinski definition) is 1. The van der Waals surface area contributed by atoms with Gasteiger partial charge in [0.25, 0.3) is 5.91 Å². The van der Waals surface area contributed by atoms with Crippen LogP contribution in [0.3, 0.4) is 0 Å². The quantitative estimate of drug-likeness (QED) is 0.693. The molecule has 0 radical (unpaired) electrons. The van der Waals surface area contributed by atoms with Crippen molar-refractivity contribution in [1.29, 1.82) is 0 Å². The van der Waals surface area contributed by atoms with Gasteiger partial charge in [-0.3, -0.25) is 4.79 Å². The molecule has 0 atom stereocenters. The van der Waals surface area contributed by atoms with Gasteiger partial charge in [0.15, 0.2) is 0 Å². The van der Waals surface area contributed by atoms with Gasteiger partial charge in [-0.25, -0.2) is 9.38 Å². The number of fused-ring (bicyclic) bond motifs is 1. The van der Waals surface area contributed by atoms with Gasteiger partial charge >= 0.3 is 0 Å². The molecule has 0 N–H and O–H groups in total. The molecule has 1 amide bonds. The average Bonchev–Trinajstić information content (AvgIpc) is 2.18. The highest BCUT2D eigenvalue weighted by molar-refractivity contribution is 6.03. The Morgan fingerprint density at radius 3 is 2.80 bits per heavy atom. The van der Waals surface area contributed by atoms with E-state index in [9.17, 15) is 9.18 Å². The van der Waals surface area contributed by atoms with Gasteiger partial charge in [-0.05, 0) is 23.1 Å². The Bertz CT molecular complexity index is 449. The smallest absolute Gasteiger partial charge is 0.267 e. The summed E-state index contributed by atoms with van der Waals surface area (Å²) in [5, 5.41) is 0. The number of halogens is 1. The van der Waals surface area contributed by atoms with Crippen molar-refractivity contribution in [1.82, 2.24) is 0 Å². The van der Waals surface area contributed by atoms with Crippen LogP contribution >= 0.6 is 0 Å². The predicted molar refractivity (Wildman–Crippen MR) is 57.0 cm³/mol. The number of carbonyl (C=O) groups excluding carboxylic acids is 1. The highest BCUT2D eigenvalue weighted by atomic mass is 19.1. The van der Waals surface area contributed by atoms with Gasteiger partial charge in [0.05, 0.1) is 0 Å². The molecule has 0 saturated heterocycles. The number of hydrogen-bond donors (Lipinski definition) is 0. The molecule has 0 bridgehead atoms. The van der Waals surface area contributed by atoms with E-state index >= 15 is 0 Å². The van der Waals surface area contributed by atoms with Crippen LogP contribution in [0.5, 0.6) is 0 Å². The minimum atomic E-state index is -0.342. The van der Waals surface area contributed by atoms with E-state index in [1.807, 2.05) is 13.8 Å². The maximum absolute atomic E-state index is 13.6. The maximum Gasteiger partial charge on any atom is 0.277 e. The number of aliphatic imine (C=N–C) groups is 1. The van der Waals surface area contributed by atoms with E-state index in [-0.39, 0.29) is 17.6 Å². The fraction of sp³-hybridized carbons (Fsp3) is 0.333. The van der Waals surface area contributed by atoms with E-state index in [1.165, 1.54) is 6.07 Å². The molecular weight excluding hydrogens is 193 g/mol. The van der Waals surface area contributed by atoms with E-state index < -0.39 is 0 Å². The first-order chi connectivity index (χ1) is 7.09. The van der Waals surface area contributed by atoms with Gasteiger partial charge in [-0.1, -0.05) is 19.9 Å². The minimum absolute atomic E-state index is 0.129.